The Morgan fingerprint density at radius 2 is 1.00 bits per heavy atom. The van der Waals surface area contributed by atoms with E-state index in [0.717, 1.165) is 12.8 Å². The number of carboxylic acid groups (broad SMARTS) is 1. The zero-order chi connectivity index (χ0) is 13.5. The lowest BCUT2D eigenvalue weighted by Crippen LogP contribution is -1.93. The van der Waals surface area contributed by atoms with Crippen LogP contribution in [0, 0.1) is 0 Å². The molecular formula is C16H32O2. The van der Waals surface area contributed by atoms with E-state index in [-0.39, 0.29) is 0 Å². The van der Waals surface area contributed by atoms with E-state index in [0.29, 0.717) is 6.42 Å². The average Bonchev–Trinajstić information content (AvgIpc) is 2.34. The van der Waals surface area contributed by atoms with E-state index < -0.39 is 5.97 Å². The Balaban J connectivity index is 2.92. The second-order valence-corrected chi connectivity index (χ2v) is 5.39. The Labute approximate surface area is 113 Å². The summed E-state index contributed by atoms with van der Waals surface area (Å²) in [5.41, 5.74) is 0. The quantitative estimate of drug-likeness (QED) is 0.330. The van der Waals surface area contributed by atoms with Crippen molar-refractivity contribution in [1.29, 1.82) is 0 Å². The highest BCUT2D eigenvalue weighted by atomic mass is 16.4. The molecule has 1 N–H and O–H groups in total. The number of hydrogen-bond donors (Lipinski definition) is 1. The highest BCUT2D eigenvalue weighted by molar-refractivity contribution is 5.66. The van der Waals surface area contributed by atoms with Gasteiger partial charge in [0, 0.05) is 6.42 Å². The van der Waals surface area contributed by atoms with Crippen molar-refractivity contribution in [3.05, 3.63) is 0 Å². The van der Waals surface area contributed by atoms with Crippen molar-refractivity contribution < 1.29 is 9.90 Å². The maximum absolute atomic E-state index is 10.3. The van der Waals surface area contributed by atoms with Crippen LogP contribution in [0.15, 0.2) is 0 Å². The molecule has 0 radical (unpaired) electrons. The highest BCUT2D eigenvalue weighted by Gasteiger charge is 1.96. The normalized spacial score (nSPS) is 10.7. The van der Waals surface area contributed by atoms with Gasteiger partial charge in [-0.05, 0) is 6.42 Å². The molecule has 0 aromatic carbocycles. The van der Waals surface area contributed by atoms with Crippen LogP contribution in [-0.2, 0) is 4.79 Å². The molecule has 0 rings (SSSR count). The number of carbonyl (C=O) groups is 1. The number of hydrogen-bond acceptors (Lipinski definition) is 1. The van der Waals surface area contributed by atoms with Gasteiger partial charge in [0.15, 0.2) is 0 Å². The molecule has 0 atom stereocenters. The monoisotopic (exact) mass is 264 g/mol. The van der Waals surface area contributed by atoms with Crippen LogP contribution in [-0.4, -0.2) is 11.1 Å². The second kappa shape index (κ2) is 14.5. The lowest BCUT2D eigenvalue weighted by Gasteiger charge is -2.02. The first-order valence-electron chi connectivity index (χ1n) is 7.99. The average molecular weight is 264 g/mol. The lowest BCUT2D eigenvalue weighted by molar-refractivity contribution is -0.137. The topological polar surface area (TPSA) is 37.3 Å². The fourth-order valence-electron chi connectivity index (χ4n) is 2.29. The molecule has 0 aliphatic rings. The molecule has 0 amide bonds. The highest BCUT2D eigenvalue weighted by Crippen LogP contribution is 2.12. The summed E-state index contributed by atoms with van der Waals surface area (Å²) in [6.07, 6.45) is 17.3. The Hall–Kier alpha value is -0.530. The maximum Gasteiger partial charge on any atom is 0.303 e. The number of carboxylic acids is 1. The summed E-state index contributed by atoms with van der Waals surface area (Å²) < 4.78 is 0. The van der Waals surface area contributed by atoms with Gasteiger partial charge < -0.3 is 5.11 Å². The van der Waals surface area contributed by atoms with Gasteiger partial charge in [-0.15, -0.1) is 0 Å². The van der Waals surface area contributed by atoms with E-state index in [1.54, 1.807) is 0 Å². The van der Waals surface area contributed by atoms with Gasteiger partial charge in [0.05, 0.1) is 0 Å². The zero-order valence-corrected chi connectivity index (χ0v) is 12.3. The van der Waals surface area contributed by atoms with Gasteiger partial charge in [-0.25, -0.2) is 0 Å². The van der Waals surface area contributed by atoms with Crippen LogP contribution in [0.5, 0.6) is 0 Å². The van der Waals surface area contributed by atoms with Crippen LogP contribution in [0.25, 0.3) is 0 Å². The summed E-state index contributed by atoms with van der Waals surface area (Å²) in [5.74, 6) is -0.655. The minimum Gasteiger partial charge on any atom is -0.481 e. The van der Waals surface area contributed by atoms with Crippen molar-refractivity contribution in [1.82, 2.24) is 0 Å². The van der Waals surface area contributed by atoms with E-state index in [4.69, 9.17) is 5.11 Å². The van der Waals surface area contributed by atoms with Crippen LogP contribution in [0.1, 0.15) is 96.8 Å². The summed E-state index contributed by atoms with van der Waals surface area (Å²) in [4.78, 5) is 10.3. The minimum absolute atomic E-state index is 0.345. The molecule has 0 aliphatic carbocycles. The summed E-state index contributed by atoms with van der Waals surface area (Å²) in [5, 5.41) is 8.49. The largest absolute Gasteiger partial charge is 0.481 e. The minimum atomic E-state index is -0.655. The first-order valence-corrected chi connectivity index (χ1v) is 7.99. The Bertz CT molecular complexity index is 178. The number of unbranched alkanes of at least 4 members (excludes halogenated alkanes) is 12. The van der Waals surface area contributed by atoms with Crippen molar-refractivity contribution >= 4 is 5.97 Å². The smallest absolute Gasteiger partial charge is 0.303 e. The van der Waals surface area contributed by atoms with Crippen molar-refractivity contribution in [2.75, 3.05) is 0 Å². The van der Waals surface area contributed by atoms with E-state index in [2.05, 4.69) is 6.92 Å². The summed E-state index contributed by atoms with van der Waals surface area (Å²) in [6, 6.07) is 0. The fraction of sp³-hybridized carbons (Fsp3) is 0.938. The van der Waals surface area contributed by atoms with E-state index in [1.165, 1.54) is 70.6 Å². The third-order valence-corrected chi connectivity index (χ3v) is 3.49. The lowest BCUT2D eigenvalue weighted by atomic mass is 10.5. The molecular weight excluding hydrogens is 232 g/mol. The van der Waals surface area contributed by atoms with Crippen molar-refractivity contribution in [2.45, 2.75) is 96.8 Å². The molecule has 0 aromatic heterocycles. The van der Waals surface area contributed by atoms with Gasteiger partial charge in [0.25, 0.3) is 0 Å². The van der Waals surface area contributed by atoms with Gasteiger partial charge >= 0.3 is 5.97 Å². The molecule has 0 aliphatic heterocycles. The van der Waals surface area contributed by atoms with E-state index in [9.17, 15) is 4.79 Å². The molecule has 0 spiro atoms. The molecule has 0 saturated heterocycles. The third kappa shape index (κ3) is 15.5. The summed E-state index contributed by atoms with van der Waals surface area (Å²) in [6.45, 7) is 2.26. The van der Waals surface area contributed by atoms with Crippen LogP contribution >= 0.6 is 0 Å². The maximum atomic E-state index is 10.3. The van der Waals surface area contributed by atoms with E-state index in [1.807, 2.05) is 0 Å². The van der Waals surface area contributed by atoms with Crippen LogP contribution < -0.4 is 0 Å². The molecule has 0 fully saturated rings. The predicted octanol–water partition coefficient (Wildman–Crippen LogP) is 5.55. The molecule has 2 nitrogen and oxygen atoms in total. The van der Waals surface area contributed by atoms with Crippen molar-refractivity contribution in [2.24, 2.45) is 0 Å². The van der Waals surface area contributed by atoms with Crippen molar-refractivity contribution in [3.8, 4) is 0 Å². The van der Waals surface area contributed by atoms with Gasteiger partial charge in [-0.1, -0.05) is 84.0 Å². The molecule has 18 heavy (non-hydrogen) atoms. The second-order valence-electron chi connectivity index (χ2n) is 5.39. The van der Waals surface area contributed by atoms with Crippen LogP contribution in [0.3, 0.4) is 0 Å². The zero-order valence-electron chi connectivity index (χ0n) is 12.3. The van der Waals surface area contributed by atoms with Gasteiger partial charge in [-0.3, -0.25) is 4.79 Å². The molecule has 0 unspecified atom stereocenters. The number of rotatable bonds is 14. The number of aliphatic carboxylic acids is 1. The Morgan fingerprint density at radius 1 is 0.667 bits per heavy atom. The van der Waals surface area contributed by atoms with Gasteiger partial charge in [0.1, 0.15) is 0 Å². The first kappa shape index (κ1) is 17.5. The van der Waals surface area contributed by atoms with Crippen molar-refractivity contribution in [3.63, 3.8) is 0 Å². The molecule has 108 valence electrons. The summed E-state index contributed by atoms with van der Waals surface area (Å²) >= 11 is 0. The molecule has 0 aromatic rings. The van der Waals surface area contributed by atoms with Gasteiger partial charge in [0.2, 0.25) is 0 Å². The third-order valence-electron chi connectivity index (χ3n) is 3.49. The van der Waals surface area contributed by atoms with E-state index >= 15 is 0 Å². The molecule has 0 saturated carbocycles. The Morgan fingerprint density at radius 3 is 1.33 bits per heavy atom. The molecule has 0 bridgehead atoms. The molecule has 2 heteroatoms. The molecule has 0 heterocycles. The van der Waals surface area contributed by atoms with Gasteiger partial charge in [-0.2, -0.15) is 0 Å². The SMILES string of the molecule is [13CH3]C[13CH2]C[13CH2]C[13CH2]C[13CH2]C[13CH2]C[13CH2]C[13CH2]C(=O)O. The predicted molar refractivity (Wildman–Crippen MR) is 77.9 cm³/mol. The Kier molecular flexibility index (Phi) is 14.1. The standard InChI is InChI=1S/C16H32O2/c1-2-3-4-5-6-7-8-9-10-11-12-13-14-15-16(17)18/h2-15H2,1H3,(H,17,18)/i1+1,3+1,5+1,7+1,9+1,11+1,13+1,15+1. The summed E-state index contributed by atoms with van der Waals surface area (Å²) in [7, 11) is 0. The van der Waals surface area contributed by atoms with Crippen LogP contribution in [0.4, 0.5) is 0 Å². The van der Waals surface area contributed by atoms with Crippen LogP contribution in [0.2, 0.25) is 0 Å². The first-order chi connectivity index (χ1) is 8.77. The fourth-order valence-corrected chi connectivity index (χ4v) is 2.29.